The highest BCUT2D eigenvalue weighted by Crippen LogP contribution is 2.22. The average molecular weight is 309 g/mol. The first-order chi connectivity index (χ1) is 10.0. The summed E-state index contributed by atoms with van der Waals surface area (Å²) in [6.45, 7) is 2.68. The number of carboxylic acid groups (broad SMARTS) is 1. The van der Waals surface area contributed by atoms with Crippen molar-refractivity contribution in [1.82, 2.24) is 30.1 Å². The van der Waals surface area contributed by atoms with E-state index in [0.717, 1.165) is 5.01 Å². The van der Waals surface area contributed by atoms with Crippen molar-refractivity contribution in [2.75, 3.05) is 18.4 Å². The molecule has 0 unspecified atom stereocenters. The molecule has 0 radical (unpaired) electrons. The van der Waals surface area contributed by atoms with Crippen molar-refractivity contribution in [3.8, 4) is 0 Å². The third kappa shape index (κ3) is 2.67. The monoisotopic (exact) mass is 309 g/mol. The number of hydrogen-bond donors (Lipinski definition) is 2. The van der Waals surface area contributed by atoms with Gasteiger partial charge in [-0.05, 0) is 6.92 Å². The second kappa shape index (κ2) is 5.09. The number of anilines is 1. The molecule has 3 rings (SSSR count). The van der Waals surface area contributed by atoms with Gasteiger partial charge in [0.15, 0.2) is 5.69 Å². The first kappa shape index (κ1) is 13.4. The molecule has 0 bridgehead atoms. The Hall–Kier alpha value is -2.56. The number of nitrogens with zero attached hydrogens (tertiary/aromatic N) is 6. The summed E-state index contributed by atoms with van der Waals surface area (Å²) >= 11 is 1.30. The van der Waals surface area contributed by atoms with Crippen LogP contribution in [0.4, 0.5) is 9.93 Å². The Kier molecular flexibility index (Phi) is 3.25. The molecule has 0 aromatic carbocycles. The van der Waals surface area contributed by atoms with Gasteiger partial charge in [-0.2, -0.15) is 0 Å². The van der Waals surface area contributed by atoms with E-state index in [4.69, 9.17) is 5.11 Å². The minimum atomic E-state index is -1.12. The number of carbonyl (C=O) groups excluding carboxylic acids is 1. The smallest absolute Gasteiger partial charge is 0.358 e. The fourth-order valence-electron chi connectivity index (χ4n) is 1.86. The summed E-state index contributed by atoms with van der Waals surface area (Å²) in [4.78, 5) is 24.2. The molecular formula is C10H11N7O3S. The van der Waals surface area contributed by atoms with Crippen molar-refractivity contribution in [3.63, 3.8) is 0 Å². The van der Waals surface area contributed by atoms with E-state index in [-0.39, 0.29) is 17.8 Å². The number of aromatic carboxylic acids is 1. The number of amides is 2. The zero-order chi connectivity index (χ0) is 15.0. The van der Waals surface area contributed by atoms with Gasteiger partial charge in [0.05, 0.1) is 12.2 Å². The highest BCUT2D eigenvalue weighted by molar-refractivity contribution is 7.15. The van der Waals surface area contributed by atoms with E-state index in [0.29, 0.717) is 18.2 Å². The van der Waals surface area contributed by atoms with Crippen LogP contribution in [0.1, 0.15) is 21.5 Å². The molecule has 1 saturated heterocycles. The van der Waals surface area contributed by atoms with Gasteiger partial charge in [-0.25, -0.2) is 14.3 Å². The van der Waals surface area contributed by atoms with Gasteiger partial charge in [-0.1, -0.05) is 16.6 Å². The van der Waals surface area contributed by atoms with E-state index in [1.807, 2.05) is 0 Å². The Morgan fingerprint density at radius 1 is 1.38 bits per heavy atom. The van der Waals surface area contributed by atoms with Gasteiger partial charge in [0.2, 0.25) is 5.13 Å². The number of rotatable bonds is 3. The predicted molar refractivity (Wildman–Crippen MR) is 71.3 cm³/mol. The molecule has 0 saturated carbocycles. The van der Waals surface area contributed by atoms with Gasteiger partial charge in [0.1, 0.15) is 5.01 Å². The second-order valence-corrected chi connectivity index (χ2v) is 5.69. The molecule has 1 aliphatic heterocycles. The van der Waals surface area contributed by atoms with Crippen LogP contribution >= 0.6 is 11.3 Å². The van der Waals surface area contributed by atoms with Crippen LogP contribution in [0.2, 0.25) is 0 Å². The van der Waals surface area contributed by atoms with Crippen molar-refractivity contribution in [2.24, 2.45) is 0 Å². The lowest BCUT2D eigenvalue weighted by molar-refractivity contribution is 0.0690. The molecule has 2 aromatic rings. The number of nitrogens with one attached hydrogen (secondary N) is 1. The van der Waals surface area contributed by atoms with Crippen molar-refractivity contribution in [3.05, 3.63) is 16.9 Å². The summed E-state index contributed by atoms with van der Waals surface area (Å²) in [5.41, 5.74) is -0.109. The van der Waals surface area contributed by atoms with Crippen LogP contribution < -0.4 is 5.32 Å². The van der Waals surface area contributed by atoms with E-state index in [1.54, 1.807) is 11.8 Å². The molecule has 0 aliphatic carbocycles. The van der Waals surface area contributed by atoms with Gasteiger partial charge in [0, 0.05) is 13.1 Å². The Morgan fingerprint density at radius 3 is 2.71 bits per heavy atom. The minimum Gasteiger partial charge on any atom is -0.476 e. The number of likely N-dealkylation sites (tertiary alicyclic amines) is 1. The fraction of sp³-hybridized carbons (Fsp3) is 0.400. The summed E-state index contributed by atoms with van der Waals surface area (Å²) in [5, 5.41) is 27.6. The summed E-state index contributed by atoms with van der Waals surface area (Å²) < 4.78 is 1.46. The Labute approximate surface area is 122 Å². The van der Waals surface area contributed by atoms with E-state index in [2.05, 4.69) is 25.8 Å². The second-order valence-electron chi connectivity index (χ2n) is 4.50. The largest absolute Gasteiger partial charge is 0.476 e. The lowest BCUT2D eigenvalue weighted by atomic mass is 10.1. The lowest BCUT2D eigenvalue weighted by Crippen LogP contribution is -2.52. The highest BCUT2D eigenvalue weighted by Gasteiger charge is 2.33. The molecule has 2 N–H and O–H groups in total. The van der Waals surface area contributed by atoms with E-state index in [9.17, 15) is 9.59 Å². The maximum absolute atomic E-state index is 11.9. The normalized spacial score (nSPS) is 14.8. The van der Waals surface area contributed by atoms with Gasteiger partial charge < -0.3 is 10.0 Å². The summed E-state index contributed by atoms with van der Waals surface area (Å²) in [5.74, 6) is -1.12. The highest BCUT2D eigenvalue weighted by atomic mass is 32.1. The molecule has 10 nitrogen and oxygen atoms in total. The minimum absolute atomic E-state index is 0.0625. The average Bonchev–Trinajstić information content (AvgIpc) is 2.97. The van der Waals surface area contributed by atoms with Crippen LogP contribution in [0, 0.1) is 6.92 Å². The summed E-state index contributed by atoms with van der Waals surface area (Å²) in [7, 11) is 0. The Balaban J connectivity index is 1.55. The molecule has 1 aliphatic rings. The van der Waals surface area contributed by atoms with E-state index < -0.39 is 5.97 Å². The number of aromatic nitrogens is 5. The number of hydrogen-bond acceptors (Lipinski definition) is 7. The number of aryl methyl sites for hydroxylation is 1. The maximum atomic E-state index is 11.9. The molecule has 0 atom stereocenters. The molecule has 21 heavy (non-hydrogen) atoms. The third-order valence-corrected chi connectivity index (χ3v) is 3.75. The van der Waals surface area contributed by atoms with Crippen molar-refractivity contribution < 1.29 is 14.7 Å². The van der Waals surface area contributed by atoms with E-state index >= 15 is 0 Å². The van der Waals surface area contributed by atoms with Crippen LogP contribution in [0.25, 0.3) is 0 Å². The molecular weight excluding hydrogens is 298 g/mol. The van der Waals surface area contributed by atoms with Gasteiger partial charge >= 0.3 is 12.0 Å². The quantitative estimate of drug-likeness (QED) is 0.830. The number of carbonyl (C=O) groups is 2. The van der Waals surface area contributed by atoms with Gasteiger partial charge in [0.25, 0.3) is 0 Å². The Morgan fingerprint density at radius 2 is 2.14 bits per heavy atom. The molecule has 0 spiro atoms. The predicted octanol–water partition coefficient (Wildman–Crippen LogP) is 0.225. The number of urea groups is 1. The molecule has 2 amide bonds. The van der Waals surface area contributed by atoms with Crippen molar-refractivity contribution >= 4 is 28.5 Å². The maximum Gasteiger partial charge on any atom is 0.358 e. The van der Waals surface area contributed by atoms with Crippen molar-refractivity contribution in [2.45, 2.75) is 13.0 Å². The topological polar surface area (TPSA) is 126 Å². The van der Waals surface area contributed by atoms with Gasteiger partial charge in [-0.3, -0.25) is 5.32 Å². The molecule has 110 valence electrons. The van der Waals surface area contributed by atoms with Crippen LogP contribution in [-0.2, 0) is 0 Å². The standard InChI is InChI=1S/C10H11N7O3S/c1-5-12-14-9(21-5)11-10(20)16-2-6(3-16)17-4-7(8(18)19)13-15-17/h4,6H,2-3H2,1H3,(H,18,19)(H,11,14,20). The first-order valence-electron chi connectivity index (χ1n) is 6.04. The zero-order valence-electron chi connectivity index (χ0n) is 10.9. The van der Waals surface area contributed by atoms with Gasteiger partial charge in [-0.15, -0.1) is 15.3 Å². The van der Waals surface area contributed by atoms with Crippen LogP contribution in [0.5, 0.6) is 0 Å². The van der Waals surface area contributed by atoms with Crippen molar-refractivity contribution in [1.29, 1.82) is 0 Å². The molecule has 3 heterocycles. The van der Waals surface area contributed by atoms with E-state index in [1.165, 1.54) is 22.2 Å². The van der Waals surface area contributed by atoms with Crippen LogP contribution in [-0.4, -0.2) is 60.3 Å². The molecule has 2 aromatic heterocycles. The van der Waals surface area contributed by atoms with Crippen LogP contribution in [0.3, 0.4) is 0 Å². The third-order valence-electron chi connectivity index (χ3n) is 2.99. The number of carboxylic acids is 1. The molecule has 1 fully saturated rings. The lowest BCUT2D eigenvalue weighted by Gasteiger charge is -2.38. The SMILES string of the molecule is Cc1nnc(NC(=O)N2CC(n3cc(C(=O)O)nn3)C2)s1. The first-order valence-corrected chi connectivity index (χ1v) is 6.86. The molecule has 11 heteroatoms. The summed E-state index contributed by atoms with van der Waals surface area (Å²) in [6, 6.07) is -0.325. The fourth-order valence-corrected chi connectivity index (χ4v) is 2.44. The Bertz CT molecular complexity index is 690. The summed E-state index contributed by atoms with van der Waals surface area (Å²) in [6.07, 6.45) is 1.36. The van der Waals surface area contributed by atoms with Crippen LogP contribution in [0.15, 0.2) is 6.20 Å². The zero-order valence-corrected chi connectivity index (χ0v) is 11.7.